The van der Waals surface area contributed by atoms with E-state index >= 15 is 0 Å². The van der Waals surface area contributed by atoms with Crippen LogP contribution in [0.2, 0.25) is 5.02 Å². The molecule has 0 amide bonds. The number of furan rings is 1. The summed E-state index contributed by atoms with van der Waals surface area (Å²) >= 11 is 7.30. The zero-order chi connectivity index (χ0) is 21.3. The van der Waals surface area contributed by atoms with Crippen LogP contribution in [0.4, 0.5) is 5.13 Å². The number of aldehydes is 1. The van der Waals surface area contributed by atoms with Crippen LogP contribution in [0.15, 0.2) is 51.9 Å². The molecule has 0 bridgehead atoms. The van der Waals surface area contributed by atoms with Gasteiger partial charge in [0.25, 0.3) is 0 Å². The molecular weight excluding hydrogens is 422 g/mol. The van der Waals surface area contributed by atoms with Crippen LogP contribution < -0.4 is 4.74 Å². The van der Waals surface area contributed by atoms with E-state index in [1.54, 1.807) is 18.3 Å². The van der Waals surface area contributed by atoms with Crippen LogP contribution in [-0.2, 0) is 0 Å². The van der Waals surface area contributed by atoms with Crippen molar-refractivity contribution in [2.24, 2.45) is 4.99 Å². The number of halogens is 1. The summed E-state index contributed by atoms with van der Waals surface area (Å²) in [4.78, 5) is 22.9. The number of aliphatic imine (C=N–C) groups is 1. The lowest BCUT2D eigenvalue weighted by Crippen LogP contribution is -2.06. The number of hydrogen-bond donors (Lipinski definition) is 0. The maximum absolute atomic E-state index is 11.8. The number of nitrogens with zero attached hydrogens (tertiary/aromatic N) is 3. The highest BCUT2D eigenvalue weighted by molar-refractivity contribution is 7.17. The smallest absolute Gasteiger partial charge is 0.211 e. The number of ether oxygens (including phenoxy) is 1. The molecule has 0 saturated carbocycles. The molecule has 0 aliphatic heterocycles. The first-order valence-electron chi connectivity index (χ1n) is 9.03. The number of hydrogen-bond acceptors (Lipinski definition) is 6. The Morgan fingerprint density at radius 2 is 1.97 bits per heavy atom. The molecule has 4 rings (SSSR count). The third-order valence-electron chi connectivity index (χ3n) is 4.39. The lowest BCUT2D eigenvalue weighted by atomic mass is 10.0. The highest BCUT2D eigenvalue weighted by Crippen LogP contribution is 2.44. The molecule has 2 aromatic carbocycles. The van der Waals surface area contributed by atoms with Crippen molar-refractivity contribution < 1.29 is 13.9 Å². The number of carbonyl (C=O) groups excluding carboxylic acids is 1. The second-order valence-corrected chi connectivity index (χ2v) is 8.16. The number of methoxy groups -OCH3 is 1. The summed E-state index contributed by atoms with van der Waals surface area (Å²) in [7, 11) is 5.35. The van der Waals surface area contributed by atoms with Gasteiger partial charge in [-0.25, -0.2) is 9.98 Å². The van der Waals surface area contributed by atoms with Crippen molar-refractivity contribution >= 4 is 51.7 Å². The van der Waals surface area contributed by atoms with Crippen LogP contribution in [0.3, 0.4) is 0 Å². The predicted octanol–water partition coefficient (Wildman–Crippen LogP) is 5.92. The fraction of sp³-hybridized carbons (Fsp3) is 0.136. The van der Waals surface area contributed by atoms with Crippen molar-refractivity contribution in [2.75, 3.05) is 21.2 Å². The van der Waals surface area contributed by atoms with Crippen LogP contribution in [0.5, 0.6) is 5.75 Å². The van der Waals surface area contributed by atoms with Gasteiger partial charge in [-0.1, -0.05) is 35.1 Å². The molecule has 0 aliphatic rings. The summed E-state index contributed by atoms with van der Waals surface area (Å²) in [6.45, 7) is 0. The van der Waals surface area contributed by atoms with Crippen molar-refractivity contribution in [3.8, 4) is 28.3 Å². The van der Waals surface area contributed by atoms with E-state index in [0.717, 1.165) is 22.8 Å². The Balaban J connectivity index is 1.98. The van der Waals surface area contributed by atoms with E-state index in [1.807, 2.05) is 56.6 Å². The molecule has 0 atom stereocenters. The summed E-state index contributed by atoms with van der Waals surface area (Å²) in [6, 6.07) is 13.0. The second-order valence-electron chi connectivity index (χ2n) is 6.71. The number of aromatic nitrogens is 1. The van der Waals surface area contributed by atoms with Gasteiger partial charge in [-0.15, -0.1) is 0 Å². The number of benzene rings is 2. The number of carbonyl (C=O) groups is 1. The van der Waals surface area contributed by atoms with Gasteiger partial charge in [-0.05, 0) is 35.9 Å². The normalized spacial score (nSPS) is 11.3. The second kappa shape index (κ2) is 8.30. The van der Waals surface area contributed by atoms with Crippen molar-refractivity contribution in [1.29, 1.82) is 0 Å². The molecule has 0 unspecified atom stereocenters. The van der Waals surface area contributed by atoms with Gasteiger partial charge >= 0.3 is 0 Å². The van der Waals surface area contributed by atoms with E-state index in [9.17, 15) is 4.79 Å². The number of fused-ring (bicyclic) bond motifs is 1. The van der Waals surface area contributed by atoms with Gasteiger partial charge in [0, 0.05) is 30.1 Å². The Bertz CT molecular complexity index is 1240. The summed E-state index contributed by atoms with van der Waals surface area (Å²) in [5.41, 5.74) is 2.83. The lowest BCUT2D eigenvalue weighted by Gasteiger charge is -2.04. The molecule has 0 N–H and O–H groups in total. The van der Waals surface area contributed by atoms with Gasteiger partial charge in [0.15, 0.2) is 12.0 Å². The fourth-order valence-electron chi connectivity index (χ4n) is 3.06. The summed E-state index contributed by atoms with van der Waals surface area (Å²) in [5.74, 6) is 1.21. The first-order chi connectivity index (χ1) is 14.5. The molecule has 0 saturated heterocycles. The van der Waals surface area contributed by atoms with Crippen LogP contribution >= 0.6 is 22.9 Å². The molecule has 0 spiro atoms. The van der Waals surface area contributed by atoms with Crippen molar-refractivity contribution in [3.63, 3.8) is 0 Å². The van der Waals surface area contributed by atoms with Crippen LogP contribution in [0, 0.1) is 0 Å². The van der Waals surface area contributed by atoms with Crippen molar-refractivity contribution in [1.82, 2.24) is 9.88 Å². The summed E-state index contributed by atoms with van der Waals surface area (Å²) in [6.07, 6.45) is 2.42. The molecule has 6 nitrogen and oxygen atoms in total. The highest BCUT2D eigenvalue weighted by atomic mass is 35.5. The van der Waals surface area contributed by atoms with Crippen LogP contribution in [0.1, 0.15) is 9.67 Å². The lowest BCUT2D eigenvalue weighted by molar-refractivity contribution is 0.112. The molecular formula is C22H18ClN3O3S. The van der Waals surface area contributed by atoms with E-state index < -0.39 is 0 Å². The van der Waals surface area contributed by atoms with Crippen LogP contribution in [0.25, 0.3) is 33.6 Å². The maximum atomic E-state index is 11.8. The van der Waals surface area contributed by atoms with E-state index in [-0.39, 0.29) is 0 Å². The van der Waals surface area contributed by atoms with Crippen molar-refractivity contribution in [2.45, 2.75) is 0 Å². The molecule has 2 aromatic heterocycles. The van der Waals surface area contributed by atoms with Crippen molar-refractivity contribution in [3.05, 3.63) is 52.4 Å². The standard InChI is InChI=1S/C22H18ClN3O3S/c1-26(2)12-24-22-25-20(18(11-27)30-22)21-19(13-4-6-14(23)7-5-13)16-10-15(28-3)8-9-17(16)29-21/h4-12H,1-3H3/b24-12+. The average molecular weight is 440 g/mol. The molecule has 30 heavy (non-hydrogen) atoms. The van der Waals surface area contributed by atoms with E-state index in [0.29, 0.717) is 37.8 Å². The molecule has 0 fully saturated rings. The molecule has 0 radical (unpaired) electrons. The summed E-state index contributed by atoms with van der Waals surface area (Å²) in [5, 5.41) is 1.96. The minimum Gasteiger partial charge on any atom is -0.497 e. The van der Waals surface area contributed by atoms with Gasteiger partial charge in [0.2, 0.25) is 5.13 Å². The highest BCUT2D eigenvalue weighted by Gasteiger charge is 2.24. The Labute approximate surface area is 182 Å². The monoisotopic (exact) mass is 439 g/mol. The Hall–Kier alpha value is -3.16. The average Bonchev–Trinajstić information content (AvgIpc) is 3.33. The minimum absolute atomic E-state index is 0.446. The third-order valence-corrected chi connectivity index (χ3v) is 5.53. The Morgan fingerprint density at radius 3 is 2.63 bits per heavy atom. The van der Waals surface area contributed by atoms with Gasteiger partial charge < -0.3 is 14.1 Å². The van der Waals surface area contributed by atoms with Crippen LogP contribution in [-0.4, -0.2) is 43.7 Å². The predicted molar refractivity (Wildman–Crippen MR) is 122 cm³/mol. The van der Waals surface area contributed by atoms with Gasteiger partial charge in [-0.2, -0.15) is 0 Å². The number of thiazole rings is 1. The molecule has 8 heteroatoms. The zero-order valence-electron chi connectivity index (χ0n) is 16.5. The zero-order valence-corrected chi connectivity index (χ0v) is 18.1. The molecule has 4 aromatic rings. The first kappa shape index (κ1) is 20.1. The van der Waals surface area contributed by atoms with E-state index in [2.05, 4.69) is 9.98 Å². The molecule has 2 heterocycles. The first-order valence-corrected chi connectivity index (χ1v) is 10.2. The quantitative estimate of drug-likeness (QED) is 0.212. The topological polar surface area (TPSA) is 67.9 Å². The maximum Gasteiger partial charge on any atom is 0.211 e. The largest absolute Gasteiger partial charge is 0.497 e. The number of rotatable bonds is 6. The third kappa shape index (κ3) is 3.81. The Kier molecular flexibility index (Phi) is 5.57. The van der Waals surface area contributed by atoms with E-state index in [1.165, 1.54) is 11.3 Å². The molecule has 0 aliphatic carbocycles. The van der Waals surface area contributed by atoms with Gasteiger partial charge in [0.1, 0.15) is 21.9 Å². The fourth-order valence-corrected chi connectivity index (χ4v) is 3.90. The summed E-state index contributed by atoms with van der Waals surface area (Å²) < 4.78 is 11.6. The SMILES string of the molecule is COc1ccc2oc(-c3nc(/N=C/N(C)C)sc3C=O)c(-c3ccc(Cl)cc3)c2c1. The Morgan fingerprint density at radius 1 is 1.20 bits per heavy atom. The van der Waals surface area contributed by atoms with E-state index in [4.69, 9.17) is 20.8 Å². The molecule has 152 valence electrons. The van der Waals surface area contributed by atoms with Gasteiger partial charge in [-0.3, -0.25) is 4.79 Å². The van der Waals surface area contributed by atoms with Gasteiger partial charge in [0.05, 0.1) is 13.4 Å². The minimum atomic E-state index is 0.446.